The lowest BCUT2D eigenvalue weighted by atomic mass is 10.0. The third-order valence-electron chi connectivity index (χ3n) is 2.91. The van der Waals surface area contributed by atoms with Crippen molar-refractivity contribution >= 4 is 34.3 Å². The summed E-state index contributed by atoms with van der Waals surface area (Å²) in [5.41, 5.74) is 0.942. The van der Waals surface area contributed by atoms with Gasteiger partial charge in [0, 0.05) is 12.7 Å². The summed E-state index contributed by atoms with van der Waals surface area (Å²) in [5.74, 6) is -1.26. The van der Waals surface area contributed by atoms with Crippen molar-refractivity contribution in [2.45, 2.75) is 19.1 Å². The molecule has 0 bridgehead atoms. The lowest BCUT2D eigenvalue weighted by Crippen LogP contribution is -2.21. The number of aliphatic hydroxyl groups is 2. The zero-order valence-electron chi connectivity index (χ0n) is 10.6. The highest BCUT2D eigenvalue weighted by molar-refractivity contribution is 8.13. The molecule has 1 aliphatic rings. The first-order chi connectivity index (χ1) is 9.40. The molecular weight excluding hydrogens is 282 g/mol. The van der Waals surface area contributed by atoms with Crippen molar-refractivity contribution in [1.82, 2.24) is 0 Å². The monoisotopic (exact) mass is 295 g/mol. The molecule has 3 N–H and O–H groups in total. The van der Waals surface area contributed by atoms with Crippen LogP contribution in [0, 0.1) is 0 Å². The topological polar surface area (TPSA) is 104 Å². The second-order valence-electron chi connectivity index (χ2n) is 4.40. The summed E-state index contributed by atoms with van der Waals surface area (Å²) >= 11 is 0.916. The Kier molecular flexibility index (Phi) is 4.22. The molecule has 1 amide bonds. The van der Waals surface area contributed by atoms with Crippen LogP contribution in [0.25, 0.3) is 0 Å². The number of rotatable bonds is 4. The zero-order chi connectivity index (χ0) is 14.9. The SMILES string of the molecule is CC(=O)SCC(O)C(O)c1ccc2c(c1)NC(=O)C2=O. The number of Topliss-reactive ketones (excluding diaryl/α,β-unsaturated/α-hetero) is 1. The summed E-state index contributed by atoms with van der Waals surface area (Å²) in [6.07, 6.45) is -2.31. The van der Waals surface area contributed by atoms with Crippen LogP contribution >= 0.6 is 11.8 Å². The molecule has 0 aliphatic carbocycles. The van der Waals surface area contributed by atoms with E-state index in [0.29, 0.717) is 11.3 Å². The normalized spacial score (nSPS) is 16.6. The summed E-state index contributed by atoms with van der Waals surface area (Å²) in [6.45, 7) is 1.38. The minimum Gasteiger partial charge on any atom is -0.389 e. The molecule has 0 aromatic heterocycles. The molecule has 0 radical (unpaired) electrons. The number of ketones is 1. The van der Waals surface area contributed by atoms with E-state index in [4.69, 9.17) is 0 Å². The molecular formula is C13H13NO5S. The number of thioether (sulfide) groups is 1. The Hall–Kier alpha value is -1.70. The summed E-state index contributed by atoms with van der Waals surface area (Å²) in [5, 5.41) is 22.0. The van der Waals surface area contributed by atoms with Crippen molar-refractivity contribution in [3.63, 3.8) is 0 Å². The van der Waals surface area contributed by atoms with E-state index < -0.39 is 23.9 Å². The van der Waals surface area contributed by atoms with Gasteiger partial charge in [-0.1, -0.05) is 17.8 Å². The molecule has 2 rings (SSSR count). The average molecular weight is 295 g/mol. The van der Waals surface area contributed by atoms with Crippen molar-refractivity contribution in [2.24, 2.45) is 0 Å². The lowest BCUT2D eigenvalue weighted by Gasteiger charge is -2.17. The Morgan fingerprint density at radius 1 is 1.35 bits per heavy atom. The van der Waals surface area contributed by atoms with Crippen LogP contribution in [0.5, 0.6) is 0 Å². The standard InChI is InChI=1S/C13H13NO5S/c1-6(15)20-5-10(16)11(17)7-2-3-8-9(4-7)14-13(19)12(8)18/h2-4,10-11,16-17H,5H2,1H3,(H,14,18,19). The Morgan fingerprint density at radius 3 is 2.70 bits per heavy atom. The van der Waals surface area contributed by atoms with Gasteiger partial charge in [-0.3, -0.25) is 14.4 Å². The molecule has 1 aromatic carbocycles. The fourth-order valence-corrected chi connectivity index (χ4v) is 2.45. The Balaban J connectivity index is 2.14. The van der Waals surface area contributed by atoms with Gasteiger partial charge < -0.3 is 15.5 Å². The highest BCUT2D eigenvalue weighted by Crippen LogP contribution is 2.28. The van der Waals surface area contributed by atoms with E-state index in [1.54, 1.807) is 0 Å². The summed E-state index contributed by atoms with van der Waals surface area (Å²) in [7, 11) is 0. The van der Waals surface area contributed by atoms with E-state index in [0.717, 1.165) is 11.8 Å². The molecule has 106 valence electrons. The maximum absolute atomic E-state index is 11.4. The quantitative estimate of drug-likeness (QED) is 0.699. The van der Waals surface area contributed by atoms with Crippen LogP contribution < -0.4 is 5.32 Å². The van der Waals surface area contributed by atoms with Gasteiger partial charge in [0.1, 0.15) is 6.10 Å². The molecule has 2 unspecified atom stereocenters. The van der Waals surface area contributed by atoms with Crippen molar-refractivity contribution in [3.8, 4) is 0 Å². The zero-order valence-corrected chi connectivity index (χ0v) is 11.4. The van der Waals surface area contributed by atoms with E-state index in [9.17, 15) is 24.6 Å². The molecule has 0 saturated carbocycles. The molecule has 0 spiro atoms. The van der Waals surface area contributed by atoms with Crippen LogP contribution in [0.3, 0.4) is 0 Å². The molecule has 1 heterocycles. The highest BCUT2D eigenvalue weighted by Gasteiger charge is 2.29. The van der Waals surface area contributed by atoms with Gasteiger partial charge in [0.05, 0.1) is 17.4 Å². The minimum atomic E-state index is -1.19. The van der Waals surface area contributed by atoms with Crippen LogP contribution in [0.2, 0.25) is 0 Å². The molecule has 2 atom stereocenters. The lowest BCUT2D eigenvalue weighted by molar-refractivity contribution is -0.112. The van der Waals surface area contributed by atoms with Gasteiger partial charge in [-0.25, -0.2) is 0 Å². The second-order valence-corrected chi connectivity index (χ2v) is 5.60. The first-order valence-corrected chi connectivity index (χ1v) is 6.88. The van der Waals surface area contributed by atoms with Crippen molar-refractivity contribution in [3.05, 3.63) is 29.3 Å². The highest BCUT2D eigenvalue weighted by atomic mass is 32.2. The van der Waals surface area contributed by atoms with Gasteiger partial charge in [-0.2, -0.15) is 0 Å². The second kappa shape index (κ2) is 5.74. The van der Waals surface area contributed by atoms with Gasteiger partial charge in [-0.15, -0.1) is 0 Å². The fraction of sp³-hybridized carbons (Fsp3) is 0.308. The van der Waals surface area contributed by atoms with E-state index in [1.807, 2.05) is 0 Å². The first-order valence-electron chi connectivity index (χ1n) is 5.89. The molecule has 7 heteroatoms. The number of nitrogens with one attached hydrogen (secondary N) is 1. The summed E-state index contributed by atoms with van der Waals surface area (Å²) in [4.78, 5) is 33.5. The van der Waals surface area contributed by atoms with E-state index in [2.05, 4.69) is 5.32 Å². The molecule has 1 aliphatic heterocycles. The van der Waals surface area contributed by atoms with Crippen LogP contribution in [0.1, 0.15) is 28.9 Å². The molecule has 6 nitrogen and oxygen atoms in total. The van der Waals surface area contributed by atoms with Crippen molar-refractivity contribution in [1.29, 1.82) is 0 Å². The number of carbonyl (C=O) groups excluding carboxylic acids is 3. The first kappa shape index (κ1) is 14.7. The Morgan fingerprint density at radius 2 is 2.05 bits per heavy atom. The van der Waals surface area contributed by atoms with E-state index >= 15 is 0 Å². The van der Waals surface area contributed by atoms with Gasteiger partial charge in [0.25, 0.3) is 11.7 Å². The largest absolute Gasteiger partial charge is 0.389 e. The number of carbonyl (C=O) groups is 3. The van der Waals surface area contributed by atoms with Gasteiger partial charge in [0.2, 0.25) is 0 Å². The maximum atomic E-state index is 11.4. The summed E-state index contributed by atoms with van der Waals surface area (Å²) in [6, 6.07) is 4.35. The van der Waals surface area contributed by atoms with Gasteiger partial charge >= 0.3 is 0 Å². The van der Waals surface area contributed by atoms with E-state index in [-0.39, 0.29) is 16.4 Å². The number of amides is 1. The van der Waals surface area contributed by atoms with Gasteiger partial charge in [0.15, 0.2) is 5.12 Å². The number of hydrogen-bond donors (Lipinski definition) is 3. The molecule has 1 aromatic rings. The number of aliphatic hydroxyl groups excluding tert-OH is 2. The van der Waals surface area contributed by atoms with E-state index in [1.165, 1.54) is 25.1 Å². The van der Waals surface area contributed by atoms with Crippen LogP contribution in [0.4, 0.5) is 5.69 Å². The van der Waals surface area contributed by atoms with Crippen molar-refractivity contribution in [2.75, 3.05) is 11.1 Å². The fourth-order valence-electron chi connectivity index (χ4n) is 1.86. The predicted molar refractivity (Wildman–Crippen MR) is 73.5 cm³/mol. The van der Waals surface area contributed by atoms with Crippen LogP contribution in [-0.4, -0.2) is 38.9 Å². The van der Waals surface area contributed by atoms with Crippen LogP contribution in [-0.2, 0) is 9.59 Å². The molecule has 0 saturated heterocycles. The molecule has 0 fully saturated rings. The third kappa shape index (κ3) is 2.90. The third-order valence-corrected chi connectivity index (χ3v) is 3.82. The Bertz CT molecular complexity index is 586. The minimum absolute atomic E-state index is 0.0683. The average Bonchev–Trinajstić information content (AvgIpc) is 2.70. The molecule has 20 heavy (non-hydrogen) atoms. The number of anilines is 1. The number of benzene rings is 1. The maximum Gasteiger partial charge on any atom is 0.296 e. The summed E-state index contributed by atoms with van der Waals surface area (Å²) < 4.78 is 0. The van der Waals surface area contributed by atoms with Crippen molar-refractivity contribution < 1.29 is 24.6 Å². The Labute approximate surface area is 119 Å². The number of hydrogen-bond acceptors (Lipinski definition) is 6. The smallest absolute Gasteiger partial charge is 0.296 e. The number of fused-ring (bicyclic) bond motifs is 1. The van der Waals surface area contributed by atoms with Crippen LogP contribution in [0.15, 0.2) is 18.2 Å². The van der Waals surface area contributed by atoms with Gasteiger partial charge in [-0.05, 0) is 17.7 Å². The predicted octanol–water partition coefficient (Wildman–Crippen LogP) is 0.495.